The molecule has 0 saturated heterocycles. The normalized spacial score (nSPS) is 21.1. The van der Waals surface area contributed by atoms with Gasteiger partial charge in [0.1, 0.15) is 0 Å². The predicted octanol–water partition coefficient (Wildman–Crippen LogP) is 3.31. The minimum atomic E-state index is 0.123. The molecule has 0 radical (unpaired) electrons. The molecule has 0 unspecified atom stereocenters. The van der Waals surface area contributed by atoms with Gasteiger partial charge in [0, 0.05) is 29.7 Å². The highest BCUT2D eigenvalue weighted by molar-refractivity contribution is 5.65. The van der Waals surface area contributed by atoms with Crippen molar-refractivity contribution < 1.29 is 9.84 Å². The molecular weight excluding hydrogens is 328 g/mol. The largest absolute Gasteiger partial charge is 0.476 e. The lowest BCUT2D eigenvalue weighted by Gasteiger charge is -2.38. The number of aliphatic hydroxyl groups excluding tert-OH is 1. The zero-order valence-corrected chi connectivity index (χ0v) is 14.6. The van der Waals surface area contributed by atoms with Crippen LogP contribution in [0.4, 0.5) is 0 Å². The number of hydrogen-bond donors (Lipinski definition) is 1. The summed E-state index contributed by atoms with van der Waals surface area (Å²) in [6, 6.07) is 10.0. The maximum atomic E-state index is 9.09. The fourth-order valence-corrected chi connectivity index (χ4v) is 4.50. The van der Waals surface area contributed by atoms with E-state index in [1.54, 1.807) is 0 Å². The standard InChI is InChI=1S/C20H22N4O2/c25-11-4-12-26-20-17-14-9-7-13(8-10-14)16(17)19-22-21-18(24(19)23-20)15-5-2-1-3-6-15/h1-3,5-6,13-14,25H,4,7-12H2. The molecule has 2 aromatic heterocycles. The second-order valence-electron chi connectivity index (χ2n) is 7.23. The van der Waals surface area contributed by atoms with Crippen LogP contribution >= 0.6 is 0 Å². The Hall–Kier alpha value is -2.47. The number of aliphatic hydroxyl groups is 1. The van der Waals surface area contributed by atoms with Gasteiger partial charge in [-0.3, -0.25) is 0 Å². The van der Waals surface area contributed by atoms with Crippen molar-refractivity contribution in [3.8, 4) is 17.3 Å². The third-order valence-electron chi connectivity index (χ3n) is 5.71. The van der Waals surface area contributed by atoms with Gasteiger partial charge in [0.15, 0.2) is 11.5 Å². The van der Waals surface area contributed by atoms with Crippen molar-refractivity contribution in [2.75, 3.05) is 13.2 Å². The lowest BCUT2D eigenvalue weighted by Crippen LogP contribution is -2.25. The lowest BCUT2D eigenvalue weighted by molar-refractivity contribution is 0.222. The Labute approximate surface area is 151 Å². The van der Waals surface area contributed by atoms with Crippen molar-refractivity contribution >= 4 is 5.65 Å². The van der Waals surface area contributed by atoms with Crippen LogP contribution in [0.3, 0.4) is 0 Å². The van der Waals surface area contributed by atoms with Crippen molar-refractivity contribution in [3.63, 3.8) is 0 Å². The molecule has 3 aliphatic rings. The van der Waals surface area contributed by atoms with Crippen LogP contribution < -0.4 is 4.74 Å². The molecular formula is C20H22N4O2. The van der Waals surface area contributed by atoms with Crippen molar-refractivity contribution in [2.24, 2.45) is 0 Å². The van der Waals surface area contributed by atoms with Crippen molar-refractivity contribution in [1.29, 1.82) is 0 Å². The SMILES string of the molecule is OCCCOc1nn2c(-c3ccccc3)nnc2c2c1C1CCC2CC1. The first kappa shape index (κ1) is 15.8. The minimum absolute atomic E-state index is 0.123. The lowest BCUT2D eigenvalue weighted by atomic mass is 9.67. The van der Waals surface area contributed by atoms with Crippen LogP contribution in [0, 0.1) is 0 Å². The monoisotopic (exact) mass is 350 g/mol. The van der Waals surface area contributed by atoms with E-state index >= 15 is 0 Å². The molecule has 2 bridgehead atoms. The average Bonchev–Trinajstić information content (AvgIpc) is 3.13. The molecule has 6 rings (SSSR count). The molecule has 26 heavy (non-hydrogen) atoms. The van der Waals surface area contributed by atoms with E-state index in [0.717, 1.165) is 17.0 Å². The molecule has 3 aromatic rings. The van der Waals surface area contributed by atoms with Crippen molar-refractivity contribution in [2.45, 2.75) is 43.9 Å². The number of fused-ring (bicyclic) bond motifs is 3. The molecule has 0 spiro atoms. The summed E-state index contributed by atoms with van der Waals surface area (Å²) in [6.45, 7) is 0.597. The van der Waals surface area contributed by atoms with E-state index in [1.165, 1.54) is 36.8 Å². The Bertz CT molecular complexity index is 930. The van der Waals surface area contributed by atoms with E-state index in [9.17, 15) is 0 Å². The van der Waals surface area contributed by atoms with Crippen LogP contribution in [0.25, 0.3) is 17.0 Å². The van der Waals surface area contributed by atoms with Gasteiger partial charge in [0.25, 0.3) is 0 Å². The maximum Gasteiger partial charge on any atom is 0.235 e. The smallest absolute Gasteiger partial charge is 0.235 e. The summed E-state index contributed by atoms with van der Waals surface area (Å²) < 4.78 is 7.87. The number of rotatable bonds is 5. The van der Waals surface area contributed by atoms with Crippen LogP contribution in [0.15, 0.2) is 30.3 Å². The minimum Gasteiger partial charge on any atom is -0.476 e. The summed E-state index contributed by atoms with van der Waals surface area (Å²) in [4.78, 5) is 0. The molecule has 2 heterocycles. The fourth-order valence-electron chi connectivity index (χ4n) is 4.50. The Balaban J connectivity index is 1.71. The van der Waals surface area contributed by atoms with Gasteiger partial charge in [-0.05, 0) is 37.5 Å². The zero-order valence-electron chi connectivity index (χ0n) is 14.6. The van der Waals surface area contributed by atoms with Gasteiger partial charge < -0.3 is 9.84 Å². The number of ether oxygens (including phenoxy) is 1. The van der Waals surface area contributed by atoms with Gasteiger partial charge >= 0.3 is 0 Å². The number of benzene rings is 1. The highest BCUT2D eigenvalue weighted by Gasteiger charge is 2.39. The van der Waals surface area contributed by atoms with Gasteiger partial charge in [0.2, 0.25) is 5.88 Å². The molecule has 1 N–H and O–H groups in total. The highest BCUT2D eigenvalue weighted by atomic mass is 16.5. The first-order valence-corrected chi connectivity index (χ1v) is 9.45. The van der Waals surface area contributed by atoms with Gasteiger partial charge in [-0.1, -0.05) is 30.3 Å². The van der Waals surface area contributed by atoms with Gasteiger partial charge in [0.05, 0.1) is 6.61 Å². The van der Waals surface area contributed by atoms with E-state index in [4.69, 9.17) is 14.9 Å². The van der Waals surface area contributed by atoms with E-state index in [0.29, 0.717) is 30.7 Å². The predicted molar refractivity (Wildman–Crippen MR) is 97.4 cm³/mol. The van der Waals surface area contributed by atoms with Crippen LogP contribution in [-0.4, -0.2) is 38.1 Å². The molecule has 3 aliphatic carbocycles. The van der Waals surface area contributed by atoms with Crippen LogP contribution in [0.2, 0.25) is 0 Å². The van der Waals surface area contributed by atoms with E-state index in [-0.39, 0.29) is 6.61 Å². The molecule has 6 heteroatoms. The van der Waals surface area contributed by atoms with Crippen LogP contribution in [0.5, 0.6) is 5.88 Å². The quantitative estimate of drug-likeness (QED) is 0.715. The summed E-state index contributed by atoms with van der Waals surface area (Å²) in [5, 5.41) is 22.9. The Morgan fingerprint density at radius 3 is 2.46 bits per heavy atom. The molecule has 0 amide bonds. The zero-order chi connectivity index (χ0) is 17.5. The summed E-state index contributed by atoms with van der Waals surface area (Å²) in [5.41, 5.74) is 4.40. The summed E-state index contributed by atoms with van der Waals surface area (Å²) >= 11 is 0. The molecule has 0 atom stereocenters. The number of aromatic nitrogens is 4. The van der Waals surface area contributed by atoms with Crippen molar-refractivity contribution in [3.05, 3.63) is 41.5 Å². The first-order chi connectivity index (χ1) is 12.9. The van der Waals surface area contributed by atoms with Gasteiger partial charge in [-0.25, -0.2) is 0 Å². The maximum absolute atomic E-state index is 9.09. The Morgan fingerprint density at radius 2 is 1.73 bits per heavy atom. The molecule has 0 aliphatic heterocycles. The van der Waals surface area contributed by atoms with Gasteiger partial charge in [-0.15, -0.1) is 15.3 Å². The Morgan fingerprint density at radius 1 is 1.00 bits per heavy atom. The second-order valence-corrected chi connectivity index (χ2v) is 7.23. The van der Waals surface area contributed by atoms with E-state index in [2.05, 4.69) is 10.2 Å². The molecule has 6 nitrogen and oxygen atoms in total. The second kappa shape index (κ2) is 6.36. The third-order valence-corrected chi connectivity index (χ3v) is 5.71. The number of nitrogens with zero attached hydrogens (tertiary/aromatic N) is 4. The van der Waals surface area contributed by atoms with Crippen LogP contribution in [0.1, 0.15) is 55.1 Å². The average molecular weight is 350 g/mol. The molecule has 1 saturated carbocycles. The highest BCUT2D eigenvalue weighted by Crippen LogP contribution is 2.53. The van der Waals surface area contributed by atoms with Gasteiger partial charge in [-0.2, -0.15) is 4.52 Å². The van der Waals surface area contributed by atoms with E-state index < -0.39 is 0 Å². The fraction of sp³-hybridized carbons (Fsp3) is 0.450. The number of hydrogen-bond acceptors (Lipinski definition) is 5. The summed E-state index contributed by atoms with van der Waals surface area (Å²) in [7, 11) is 0. The molecule has 1 aromatic carbocycles. The Kier molecular flexibility index (Phi) is 3.85. The van der Waals surface area contributed by atoms with Crippen molar-refractivity contribution in [1.82, 2.24) is 19.8 Å². The molecule has 134 valence electrons. The third kappa shape index (κ3) is 2.40. The first-order valence-electron chi connectivity index (χ1n) is 9.45. The molecule has 1 fully saturated rings. The van der Waals surface area contributed by atoms with Crippen LogP contribution in [-0.2, 0) is 0 Å². The van der Waals surface area contributed by atoms with E-state index in [1.807, 2.05) is 34.8 Å². The topological polar surface area (TPSA) is 72.5 Å². The summed E-state index contributed by atoms with van der Waals surface area (Å²) in [5.74, 6) is 2.48. The summed E-state index contributed by atoms with van der Waals surface area (Å²) in [6.07, 6.45) is 5.43.